The zero-order valence-corrected chi connectivity index (χ0v) is 17.5. The molecule has 0 radical (unpaired) electrons. The summed E-state index contributed by atoms with van der Waals surface area (Å²) in [6, 6.07) is 6.34. The molecule has 0 bridgehead atoms. The van der Waals surface area contributed by atoms with E-state index in [2.05, 4.69) is 35.0 Å². The number of rotatable bonds is 5. The second kappa shape index (κ2) is 9.52. The molecule has 1 aromatic carbocycles. The number of carbonyl (C=O) groups is 2. The molecule has 28 heavy (non-hydrogen) atoms. The predicted molar refractivity (Wildman–Crippen MR) is 112 cm³/mol. The van der Waals surface area contributed by atoms with Crippen molar-refractivity contribution >= 4 is 17.5 Å². The van der Waals surface area contributed by atoms with Gasteiger partial charge in [-0.2, -0.15) is 0 Å². The van der Waals surface area contributed by atoms with Gasteiger partial charge in [-0.15, -0.1) is 0 Å². The number of likely N-dealkylation sites (tertiary alicyclic amines) is 1. The Balaban J connectivity index is 1.42. The summed E-state index contributed by atoms with van der Waals surface area (Å²) in [7, 11) is 0. The van der Waals surface area contributed by atoms with Crippen LogP contribution in [0.2, 0.25) is 0 Å². The molecule has 154 valence electrons. The number of aryl methyl sites for hydroxylation is 1. The lowest BCUT2D eigenvalue weighted by Gasteiger charge is -2.37. The van der Waals surface area contributed by atoms with Gasteiger partial charge in [0.05, 0.1) is 13.1 Å². The Kier molecular flexibility index (Phi) is 7.08. The number of benzene rings is 1. The third-order valence-corrected chi connectivity index (χ3v) is 6.19. The van der Waals surface area contributed by atoms with Crippen LogP contribution in [0.15, 0.2) is 18.2 Å². The van der Waals surface area contributed by atoms with Crippen molar-refractivity contribution in [2.24, 2.45) is 0 Å². The van der Waals surface area contributed by atoms with E-state index < -0.39 is 0 Å². The van der Waals surface area contributed by atoms with E-state index in [1.165, 1.54) is 12.0 Å². The minimum atomic E-state index is 0.0281. The molecule has 1 aromatic rings. The highest BCUT2D eigenvalue weighted by atomic mass is 16.2. The first-order valence-electron chi connectivity index (χ1n) is 10.5. The normalized spacial score (nSPS) is 21.5. The average molecular weight is 387 g/mol. The number of hydrogen-bond donors (Lipinski definition) is 1. The SMILES string of the molecule is Cc1cccc(NC(=O)CN2CCN(CC(=O)N3CCCCC3C)CC2)c1C. The fourth-order valence-corrected chi connectivity index (χ4v) is 4.14. The highest BCUT2D eigenvalue weighted by Gasteiger charge is 2.26. The number of piperidine rings is 1. The molecular weight excluding hydrogens is 352 g/mol. The number of carbonyl (C=O) groups excluding carboxylic acids is 2. The maximum absolute atomic E-state index is 12.6. The summed E-state index contributed by atoms with van der Waals surface area (Å²) in [5, 5.41) is 3.03. The number of nitrogens with zero attached hydrogens (tertiary/aromatic N) is 3. The van der Waals surface area contributed by atoms with Crippen molar-refractivity contribution in [2.75, 3.05) is 51.1 Å². The monoisotopic (exact) mass is 386 g/mol. The molecule has 2 fully saturated rings. The van der Waals surface area contributed by atoms with Gasteiger partial charge in [-0.25, -0.2) is 0 Å². The van der Waals surface area contributed by atoms with Gasteiger partial charge in [-0.1, -0.05) is 12.1 Å². The van der Waals surface area contributed by atoms with Gasteiger partial charge in [0.1, 0.15) is 0 Å². The van der Waals surface area contributed by atoms with Crippen LogP contribution in [-0.2, 0) is 9.59 Å². The average Bonchev–Trinajstić information content (AvgIpc) is 2.67. The summed E-state index contributed by atoms with van der Waals surface area (Å²) < 4.78 is 0. The van der Waals surface area contributed by atoms with E-state index >= 15 is 0 Å². The van der Waals surface area contributed by atoms with Crippen LogP contribution in [0, 0.1) is 13.8 Å². The summed E-state index contributed by atoms with van der Waals surface area (Å²) in [4.78, 5) is 31.5. The third kappa shape index (κ3) is 5.32. The summed E-state index contributed by atoms with van der Waals surface area (Å²) in [5.74, 6) is 0.286. The highest BCUT2D eigenvalue weighted by molar-refractivity contribution is 5.93. The Hall–Kier alpha value is -1.92. The van der Waals surface area contributed by atoms with Crippen LogP contribution in [0.4, 0.5) is 5.69 Å². The van der Waals surface area contributed by atoms with Gasteiger partial charge in [0.25, 0.3) is 0 Å². The standard InChI is InChI=1S/C22H34N4O2/c1-17-7-6-9-20(19(17)3)23-21(27)15-24-11-13-25(14-12-24)16-22(28)26-10-5-4-8-18(26)2/h6-7,9,18H,4-5,8,10-16H2,1-3H3,(H,23,27). The minimum Gasteiger partial charge on any atom is -0.339 e. The first kappa shape index (κ1) is 20.8. The van der Waals surface area contributed by atoms with Crippen molar-refractivity contribution in [3.05, 3.63) is 29.3 Å². The lowest BCUT2D eigenvalue weighted by atomic mass is 10.0. The molecule has 2 heterocycles. The van der Waals surface area contributed by atoms with Crippen LogP contribution in [0.5, 0.6) is 0 Å². The van der Waals surface area contributed by atoms with Crippen LogP contribution >= 0.6 is 0 Å². The van der Waals surface area contributed by atoms with Crippen LogP contribution < -0.4 is 5.32 Å². The second-order valence-corrected chi connectivity index (χ2v) is 8.28. The van der Waals surface area contributed by atoms with Gasteiger partial charge in [-0.05, 0) is 57.2 Å². The number of amides is 2. The van der Waals surface area contributed by atoms with Crippen molar-refractivity contribution in [3.63, 3.8) is 0 Å². The van der Waals surface area contributed by atoms with Crippen molar-refractivity contribution in [1.82, 2.24) is 14.7 Å². The molecule has 0 aliphatic carbocycles. The summed E-state index contributed by atoms with van der Waals surface area (Å²) in [5.41, 5.74) is 3.19. The van der Waals surface area contributed by atoms with Gasteiger partial charge in [0.2, 0.25) is 11.8 Å². The summed E-state index contributed by atoms with van der Waals surface area (Å²) in [6.07, 6.45) is 3.47. The fraction of sp³-hybridized carbons (Fsp3) is 0.636. The fourth-order valence-electron chi connectivity index (χ4n) is 4.14. The molecule has 0 spiro atoms. The van der Waals surface area contributed by atoms with Crippen molar-refractivity contribution in [2.45, 2.75) is 46.1 Å². The highest BCUT2D eigenvalue weighted by Crippen LogP contribution is 2.18. The smallest absolute Gasteiger partial charge is 0.238 e. The minimum absolute atomic E-state index is 0.0281. The molecule has 1 unspecified atom stereocenters. The molecule has 2 aliphatic rings. The second-order valence-electron chi connectivity index (χ2n) is 8.28. The third-order valence-electron chi connectivity index (χ3n) is 6.19. The molecule has 2 amide bonds. The van der Waals surface area contributed by atoms with E-state index in [4.69, 9.17) is 0 Å². The lowest BCUT2D eigenvalue weighted by Crippen LogP contribution is -2.53. The quantitative estimate of drug-likeness (QED) is 0.843. The molecule has 3 rings (SSSR count). The Morgan fingerprint density at radius 1 is 1.00 bits per heavy atom. The predicted octanol–water partition coefficient (Wildman–Crippen LogP) is 2.26. The van der Waals surface area contributed by atoms with Gasteiger partial charge < -0.3 is 10.2 Å². The number of piperazine rings is 1. The molecule has 0 saturated carbocycles. The van der Waals surface area contributed by atoms with Crippen molar-refractivity contribution in [3.8, 4) is 0 Å². The molecule has 1 atom stereocenters. The molecule has 2 aliphatic heterocycles. The zero-order valence-electron chi connectivity index (χ0n) is 17.5. The van der Waals surface area contributed by atoms with Crippen molar-refractivity contribution < 1.29 is 9.59 Å². The topological polar surface area (TPSA) is 55.9 Å². The first-order valence-corrected chi connectivity index (χ1v) is 10.5. The molecule has 6 heteroatoms. The van der Waals surface area contributed by atoms with Crippen LogP contribution in [0.3, 0.4) is 0 Å². The largest absolute Gasteiger partial charge is 0.339 e. The lowest BCUT2D eigenvalue weighted by molar-refractivity contribution is -0.136. The number of hydrogen-bond acceptors (Lipinski definition) is 4. The Bertz CT molecular complexity index is 698. The molecule has 0 aromatic heterocycles. The molecule has 6 nitrogen and oxygen atoms in total. The zero-order chi connectivity index (χ0) is 20.1. The van der Waals surface area contributed by atoms with Crippen LogP contribution in [-0.4, -0.2) is 78.4 Å². The van der Waals surface area contributed by atoms with E-state index in [1.807, 2.05) is 24.0 Å². The summed E-state index contributed by atoms with van der Waals surface area (Å²) in [6.45, 7) is 11.4. The summed E-state index contributed by atoms with van der Waals surface area (Å²) >= 11 is 0. The van der Waals surface area contributed by atoms with Crippen LogP contribution in [0.25, 0.3) is 0 Å². The van der Waals surface area contributed by atoms with Gasteiger partial charge in [-0.3, -0.25) is 19.4 Å². The van der Waals surface area contributed by atoms with Crippen LogP contribution in [0.1, 0.15) is 37.3 Å². The van der Waals surface area contributed by atoms with E-state index in [9.17, 15) is 9.59 Å². The van der Waals surface area contributed by atoms with E-state index in [0.29, 0.717) is 19.1 Å². The number of nitrogens with one attached hydrogen (secondary N) is 1. The molecule has 1 N–H and O–H groups in total. The van der Waals surface area contributed by atoms with E-state index in [-0.39, 0.29) is 11.8 Å². The van der Waals surface area contributed by atoms with Gasteiger partial charge in [0.15, 0.2) is 0 Å². The van der Waals surface area contributed by atoms with Gasteiger partial charge >= 0.3 is 0 Å². The number of anilines is 1. The molecular formula is C22H34N4O2. The van der Waals surface area contributed by atoms with E-state index in [0.717, 1.165) is 56.8 Å². The maximum Gasteiger partial charge on any atom is 0.238 e. The Morgan fingerprint density at radius 2 is 1.68 bits per heavy atom. The maximum atomic E-state index is 12.6. The van der Waals surface area contributed by atoms with Crippen molar-refractivity contribution in [1.29, 1.82) is 0 Å². The first-order chi connectivity index (χ1) is 13.4. The molecule has 2 saturated heterocycles. The van der Waals surface area contributed by atoms with E-state index in [1.54, 1.807) is 0 Å². The Morgan fingerprint density at radius 3 is 2.36 bits per heavy atom. The van der Waals surface area contributed by atoms with Gasteiger partial charge in [0, 0.05) is 44.5 Å². The Labute approximate surface area is 168 Å².